The summed E-state index contributed by atoms with van der Waals surface area (Å²) in [5.41, 5.74) is 0.949. The number of hydrogen-bond donors (Lipinski definition) is 2. The smallest absolute Gasteiger partial charge is 0.273 e. The van der Waals surface area contributed by atoms with E-state index in [0.29, 0.717) is 11.4 Å². The first-order valence-corrected chi connectivity index (χ1v) is 7.89. The number of ether oxygens (including phenoxy) is 1. The molecule has 0 radical (unpaired) electrons. The lowest BCUT2D eigenvalue weighted by Gasteiger charge is -2.46. The molecule has 6 nitrogen and oxygen atoms in total. The molecule has 2 aliphatic rings. The van der Waals surface area contributed by atoms with Crippen LogP contribution in [0.1, 0.15) is 41.9 Å². The third-order valence-corrected chi connectivity index (χ3v) is 4.90. The predicted molar refractivity (Wildman–Crippen MR) is 75.9 cm³/mol. The Kier molecular flexibility index (Phi) is 4.00. The third kappa shape index (κ3) is 2.57. The van der Waals surface area contributed by atoms with Gasteiger partial charge in [0.15, 0.2) is 5.69 Å². The first kappa shape index (κ1) is 13.9. The molecule has 0 aliphatic carbocycles. The molecule has 0 saturated carbocycles. The summed E-state index contributed by atoms with van der Waals surface area (Å²) < 4.78 is 14.2. The van der Waals surface area contributed by atoms with Crippen LogP contribution < -0.4 is 10.6 Å². The average molecular weight is 296 g/mol. The normalized spacial score (nSPS) is 25.6. The highest BCUT2D eigenvalue weighted by molar-refractivity contribution is 6.99. The summed E-state index contributed by atoms with van der Waals surface area (Å²) in [6.45, 7) is 4.51. The molecular weight excluding hydrogens is 276 g/mol. The third-order valence-electron chi connectivity index (χ3n) is 4.28. The van der Waals surface area contributed by atoms with Crippen LogP contribution in [-0.4, -0.2) is 46.0 Å². The first-order valence-electron chi connectivity index (χ1n) is 7.16. The molecule has 1 aromatic rings. The molecule has 1 unspecified atom stereocenters. The van der Waals surface area contributed by atoms with Crippen LogP contribution in [0.25, 0.3) is 0 Å². The van der Waals surface area contributed by atoms with Crippen LogP contribution in [0.5, 0.6) is 0 Å². The SMILES string of the molecule is Cc1nsnc1C(=O)NC1CCCOC12CCNCC2. The van der Waals surface area contributed by atoms with E-state index in [1.165, 1.54) is 0 Å². The van der Waals surface area contributed by atoms with Gasteiger partial charge in [-0.1, -0.05) is 0 Å². The lowest BCUT2D eigenvalue weighted by molar-refractivity contribution is -0.114. The van der Waals surface area contributed by atoms with E-state index in [1.807, 2.05) is 6.92 Å². The fraction of sp³-hybridized carbons (Fsp3) is 0.769. The van der Waals surface area contributed by atoms with Crippen LogP contribution in [0.4, 0.5) is 0 Å². The van der Waals surface area contributed by atoms with Crippen molar-refractivity contribution in [3.63, 3.8) is 0 Å². The van der Waals surface area contributed by atoms with E-state index < -0.39 is 0 Å². The van der Waals surface area contributed by atoms with Gasteiger partial charge in [-0.3, -0.25) is 4.79 Å². The number of rotatable bonds is 2. The van der Waals surface area contributed by atoms with Gasteiger partial charge >= 0.3 is 0 Å². The highest BCUT2D eigenvalue weighted by atomic mass is 32.1. The molecule has 1 amide bonds. The summed E-state index contributed by atoms with van der Waals surface area (Å²) in [7, 11) is 0. The van der Waals surface area contributed by atoms with Gasteiger partial charge in [-0.2, -0.15) is 8.75 Å². The predicted octanol–water partition coefficient (Wildman–Crippen LogP) is 0.878. The van der Waals surface area contributed by atoms with E-state index in [2.05, 4.69) is 19.4 Å². The van der Waals surface area contributed by atoms with Crippen LogP contribution in [-0.2, 0) is 4.74 Å². The maximum Gasteiger partial charge on any atom is 0.273 e. The number of carbonyl (C=O) groups is 1. The highest BCUT2D eigenvalue weighted by Crippen LogP contribution is 2.33. The van der Waals surface area contributed by atoms with Crippen molar-refractivity contribution in [3.8, 4) is 0 Å². The molecule has 110 valence electrons. The lowest BCUT2D eigenvalue weighted by Crippen LogP contribution is -2.60. The van der Waals surface area contributed by atoms with Gasteiger partial charge in [0.1, 0.15) is 0 Å². The number of nitrogens with zero attached hydrogens (tertiary/aromatic N) is 2. The fourth-order valence-electron chi connectivity index (χ4n) is 3.14. The van der Waals surface area contributed by atoms with Crippen molar-refractivity contribution in [1.29, 1.82) is 0 Å². The Bertz CT molecular complexity index is 476. The second-order valence-corrected chi connectivity index (χ2v) is 6.06. The molecule has 1 atom stereocenters. The van der Waals surface area contributed by atoms with Crippen LogP contribution in [0, 0.1) is 6.92 Å². The minimum atomic E-state index is -0.198. The Morgan fingerprint density at radius 1 is 1.45 bits per heavy atom. The van der Waals surface area contributed by atoms with E-state index >= 15 is 0 Å². The van der Waals surface area contributed by atoms with Gasteiger partial charge in [0.2, 0.25) is 0 Å². The van der Waals surface area contributed by atoms with Gasteiger partial charge in [0.25, 0.3) is 5.91 Å². The summed E-state index contributed by atoms with van der Waals surface area (Å²) in [4.78, 5) is 12.3. The van der Waals surface area contributed by atoms with E-state index in [9.17, 15) is 4.79 Å². The quantitative estimate of drug-likeness (QED) is 0.847. The Labute approximate surface area is 122 Å². The van der Waals surface area contributed by atoms with Crippen molar-refractivity contribution < 1.29 is 9.53 Å². The lowest BCUT2D eigenvalue weighted by atomic mass is 9.80. The van der Waals surface area contributed by atoms with Gasteiger partial charge in [-0.15, -0.1) is 0 Å². The number of hydrogen-bond acceptors (Lipinski definition) is 6. The van der Waals surface area contributed by atoms with Crippen molar-refractivity contribution in [2.75, 3.05) is 19.7 Å². The molecule has 2 fully saturated rings. The number of carbonyl (C=O) groups excluding carboxylic acids is 1. The van der Waals surface area contributed by atoms with Gasteiger partial charge in [-0.05, 0) is 45.7 Å². The number of aromatic nitrogens is 2. The monoisotopic (exact) mass is 296 g/mol. The second kappa shape index (κ2) is 5.75. The van der Waals surface area contributed by atoms with Crippen LogP contribution in [0.15, 0.2) is 0 Å². The Morgan fingerprint density at radius 2 is 2.25 bits per heavy atom. The van der Waals surface area contributed by atoms with Crippen molar-refractivity contribution in [2.45, 2.75) is 44.2 Å². The summed E-state index contributed by atoms with van der Waals surface area (Å²) in [6.07, 6.45) is 3.87. The standard InChI is InChI=1S/C13H20N4O2S/c1-9-11(17-20-16-9)12(18)15-10-3-2-8-19-13(10)4-6-14-7-5-13/h10,14H,2-8H2,1H3,(H,15,18). The first-order chi connectivity index (χ1) is 9.71. The maximum absolute atomic E-state index is 12.3. The van der Waals surface area contributed by atoms with Gasteiger partial charge < -0.3 is 15.4 Å². The fourth-order valence-corrected chi connectivity index (χ4v) is 3.68. The molecule has 1 aromatic heterocycles. The van der Waals surface area contributed by atoms with E-state index in [1.54, 1.807) is 0 Å². The van der Waals surface area contributed by atoms with Gasteiger partial charge in [-0.25, -0.2) is 0 Å². The Balaban J connectivity index is 1.74. The maximum atomic E-state index is 12.3. The van der Waals surface area contributed by atoms with Crippen LogP contribution in [0.2, 0.25) is 0 Å². The highest BCUT2D eigenvalue weighted by Gasteiger charge is 2.43. The zero-order chi connectivity index (χ0) is 14.0. The summed E-state index contributed by atoms with van der Waals surface area (Å²) in [5.74, 6) is -0.121. The molecule has 3 heterocycles. The van der Waals surface area contributed by atoms with Gasteiger partial charge in [0.05, 0.1) is 29.1 Å². The number of amides is 1. The molecule has 2 N–H and O–H groups in total. The van der Waals surface area contributed by atoms with E-state index in [4.69, 9.17) is 4.74 Å². The molecule has 20 heavy (non-hydrogen) atoms. The summed E-state index contributed by atoms with van der Waals surface area (Å²) in [6, 6.07) is 0.0759. The molecule has 2 aliphatic heterocycles. The summed E-state index contributed by atoms with van der Waals surface area (Å²) in [5, 5.41) is 6.49. The van der Waals surface area contributed by atoms with Crippen LogP contribution in [0.3, 0.4) is 0 Å². The van der Waals surface area contributed by atoms with Crippen molar-refractivity contribution in [1.82, 2.24) is 19.4 Å². The van der Waals surface area contributed by atoms with E-state index in [-0.39, 0.29) is 17.6 Å². The Morgan fingerprint density at radius 3 is 2.95 bits per heavy atom. The Hall–Kier alpha value is -1.05. The topological polar surface area (TPSA) is 76.1 Å². The molecule has 0 bridgehead atoms. The molecule has 7 heteroatoms. The zero-order valence-electron chi connectivity index (χ0n) is 11.6. The molecular formula is C13H20N4O2S. The molecule has 2 saturated heterocycles. The molecule has 0 aromatic carbocycles. The van der Waals surface area contributed by atoms with E-state index in [0.717, 1.165) is 57.1 Å². The van der Waals surface area contributed by atoms with Crippen molar-refractivity contribution in [3.05, 3.63) is 11.4 Å². The number of nitrogens with one attached hydrogen (secondary N) is 2. The zero-order valence-corrected chi connectivity index (χ0v) is 12.5. The van der Waals surface area contributed by atoms with Gasteiger partial charge in [0, 0.05) is 6.61 Å². The molecule has 1 spiro atoms. The minimum absolute atomic E-state index is 0.0759. The number of aryl methyl sites for hydroxylation is 1. The molecule has 3 rings (SSSR count). The summed E-state index contributed by atoms with van der Waals surface area (Å²) >= 11 is 1.08. The number of piperidine rings is 1. The average Bonchev–Trinajstić information content (AvgIpc) is 2.89. The minimum Gasteiger partial charge on any atom is -0.373 e. The van der Waals surface area contributed by atoms with Crippen molar-refractivity contribution in [2.24, 2.45) is 0 Å². The second-order valence-electron chi connectivity index (χ2n) is 5.53. The van der Waals surface area contributed by atoms with Crippen molar-refractivity contribution >= 4 is 17.6 Å². The van der Waals surface area contributed by atoms with Crippen LogP contribution >= 0.6 is 11.7 Å². The largest absolute Gasteiger partial charge is 0.373 e.